The molecule has 1 aromatic carbocycles. The second-order valence-corrected chi connectivity index (χ2v) is 5.02. The molecule has 0 aliphatic carbocycles. The number of rotatable bonds is 7. The maximum atomic E-state index is 11.7. The molecule has 0 fully saturated rings. The summed E-state index contributed by atoms with van der Waals surface area (Å²) in [7, 11) is 0. The quantitative estimate of drug-likeness (QED) is 0.608. The first-order valence-electron chi connectivity index (χ1n) is 7.10. The van der Waals surface area contributed by atoms with Crippen LogP contribution in [0.2, 0.25) is 0 Å². The highest BCUT2D eigenvalue weighted by Gasteiger charge is 2.05. The van der Waals surface area contributed by atoms with Gasteiger partial charge in [0.15, 0.2) is 11.6 Å². The van der Waals surface area contributed by atoms with Crippen LogP contribution in [0.4, 0.5) is 5.82 Å². The molecule has 2 rings (SSSR count). The van der Waals surface area contributed by atoms with E-state index in [1.54, 1.807) is 30.3 Å². The van der Waals surface area contributed by atoms with E-state index in [1.807, 2.05) is 6.92 Å². The molecule has 0 saturated heterocycles. The van der Waals surface area contributed by atoms with Gasteiger partial charge in [-0.3, -0.25) is 14.7 Å². The second kappa shape index (κ2) is 7.40. The zero-order valence-electron chi connectivity index (χ0n) is 12.7. The maximum absolute atomic E-state index is 11.7. The van der Waals surface area contributed by atoms with Crippen LogP contribution in [0, 0.1) is 6.92 Å². The Labute approximate surface area is 128 Å². The number of carbonyl (C=O) groups is 2. The Hall–Kier alpha value is -2.63. The summed E-state index contributed by atoms with van der Waals surface area (Å²) in [5.74, 6) is 1.15. The number of hydrogen-bond acceptors (Lipinski definition) is 4. The Bertz CT molecular complexity index is 647. The second-order valence-electron chi connectivity index (χ2n) is 5.02. The molecular formula is C16H19N3O3. The zero-order valence-corrected chi connectivity index (χ0v) is 12.7. The average molecular weight is 301 g/mol. The first kappa shape index (κ1) is 15.8. The summed E-state index contributed by atoms with van der Waals surface area (Å²) in [6.07, 6.45) is 0.959. The van der Waals surface area contributed by atoms with E-state index in [0.29, 0.717) is 36.6 Å². The normalized spacial score (nSPS) is 10.3. The molecule has 0 spiro atoms. The lowest BCUT2D eigenvalue weighted by Crippen LogP contribution is -2.13. The van der Waals surface area contributed by atoms with Gasteiger partial charge in [0.05, 0.1) is 6.61 Å². The van der Waals surface area contributed by atoms with Gasteiger partial charge in [-0.1, -0.05) is 0 Å². The first-order valence-corrected chi connectivity index (χ1v) is 7.10. The van der Waals surface area contributed by atoms with Gasteiger partial charge in [0.1, 0.15) is 5.75 Å². The molecule has 0 atom stereocenters. The predicted molar refractivity (Wildman–Crippen MR) is 83.1 cm³/mol. The molecule has 0 bridgehead atoms. The lowest BCUT2D eigenvalue weighted by molar-refractivity contribution is -0.116. The summed E-state index contributed by atoms with van der Waals surface area (Å²) in [5.41, 5.74) is 1.55. The number of nitrogens with one attached hydrogen (secondary N) is 2. The van der Waals surface area contributed by atoms with Crippen molar-refractivity contribution in [1.29, 1.82) is 0 Å². The molecule has 0 aliphatic rings. The van der Waals surface area contributed by atoms with Crippen molar-refractivity contribution >= 4 is 17.5 Å². The summed E-state index contributed by atoms with van der Waals surface area (Å²) in [6, 6.07) is 8.73. The van der Waals surface area contributed by atoms with Crippen LogP contribution >= 0.6 is 0 Å². The molecule has 2 aromatic rings. The fourth-order valence-electron chi connectivity index (χ4n) is 1.90. The van der Waals surface area contributed by atoms with E-state index >= 15 is 0 Å². The van der Waals surface area contributed by atoms with Crippen LogP contribution in [0.3, 0.4) is 0 Å². The minimum atomic E-state index is -0.0953. The highest BCUT2D eigenvalue weighted by molar-refractivity contribution is 5.94. The maximum Gasteiger partial charge on any atom is 0.225 e. The number of aryl methyl sites for hydroxylation is 1. The number of aromatic amines is 1. The SMILES string of the molecule is CC(=O)c1ccc(OCCCC(=O)Nc2cc(C)[nH]n2)cc1. The molecule has 0 aliphatic heterocycles. The lowest BCUT2D eigenvalue weighted by atomic mass is 10.1. The molecule has 2 N–H and O–H groups in total. The molecule has 0 radical (unpaired) electrons. The van der Waals surface area contributed by atoms with Crippen molar-refractivity contribution in [3.05, 3.63) is 41.6 Å². The molecule has 0 saturated carbocycles. The van der Waals surface area contributed by atoms with Crippen molar-refractivity contribution in [1.82, 2.24) is 10.2 Å². The third-order valence-electron chi connectivity index (χ3n) is 3.05. The van der Waals surface area contributed by atoms with Crippen LogP contribution in [0.25, 0.3) is 0 Å². The van der Waals surface area contributed by atoms with Gasteiger partial charge in [0, 0.05) is 23.7 Å². The largest absolute Gasteiger partial charge is 0.494 e. The van der Waals surface area contributed by atoms with E-state index in [-0.39, 0.29) is 11.7 Å². The fourth-order valence-corrected chi connectivity index (χ4v) is 1.90. The van der Waals surface area contributed by atoms with Crippen LogP contribution in [0.5, 0.6) is 5.75 Å². The highest BCUT2D eigenvalue weighted by atomic mass is 16.5. The van der Waals surface area contributed by atoms with Crippen LogP contribution in [0.1, 0.15) is 35.8 Å². The molecular weight excluding hydrogens is 282 g/mol. The third-order valence-corrected chi connectivity index (χ3v) is 3.05. The Balaban J connectivity index is 1.68. The number of carbonyl (C=O) groups excluding carboxylic acids is 2. The first-order chi connectivity index (χ1) is 10.5. The number of benzene rings is 1. The molecule has 0 unspecified atom stereocenters. The standard InChI is InChI=1S/C16H19N3O3/c1-11-10-15(19-18-11)17-16(21)4-3-9-22-14-7-5-13(6-8-14)12(2)20/h5-8,10H,3-4,9H2,1-2H3,(H2,17,18,19,21). The van der Waals surface area contributed by atoms with Gasteiger partial charge >= 0.3 is 0 Å². The minimum Gasteiger partial charge on any atom is -0.494 e. The van der Waals surface area contributed by atoms with Crippen LogP contribution in [-0.4, -0.2) is 28.5 Å². The van der Waals surface area contributed by atoms with Gasteiger partial charge < -0.3 is 10.1 Å². The van der Waals surface area contributed by atoms with Crippen molar-refractivity contribution in [2.75, 3.05) is 11.9 Å². The van der Waals surface area contributed by atoms with Crippen LogP contribution < -0.4 is 10.1 Å². The molecule has 1 amide bonds. The molecule has 22 heavy (non-hydrogen) atoms. The van der Waals surface area contributed by atoms with Gasteiger partial charge in [0.25, 0.3) is 0 Å². The van der Waals surface area contributed by atoms with E-state index in [2.05, 4.69) is 15.5 Å². The van der Waals surface area contributed by atoms with Crippen molar-refractivity contribution in [2.45, 2.75) is 26.7 Å². The Morgan fingerprint density at radius 3 is 2.59 bits per heavy atom. The summed E-state index contributed by atoms with van der Waals surface area (Å²) < 4.78 is 5.53. The molecule has 1 aromatic heterocycles. The Morgan fingerprint density at radius 2 is 2.00 bits per heavy atom. The van der Waals surface area contributed by atoms with E-state index in [9.17, 15) is 9.59 Å². The van der Waals surface area contributed by atoms with Crippen molar-refractivity contribution in [3.8, 4) is 5.75 Å². The van der Waals surface area contributed by atoms with Crippen molar-refractivity contribution in [2.24, 2.45) is 0 Å². The van der Waals surface area contributed by atoms with E-state index in [0.717, 1.165) is 5.69 Å². The zero-order chi connectivity index (χ0) is 15.9. The summed E-state index contributed by atoms with van der Waals surface area (Å²) in [4.78, 5) is 22.8. The number of ether oxygens (including phenoxy) is 1. The number of nitrogens with zero attached hydrogens (tertiary/aromatic N) is 1. The van der Waals surface area contributed by atoms with Crippen molar-refractivity contribution < 1.29 is 14.3 Å². The molecule has 1 heterocycles. The van der Waals surface area contributed by atoms with Gasteiger partial charge in [-0.2, -0.15) is 5.10 Å². The highest BCUT2D eigenvalue weighted by Crippen LogP contribution is 2.13. The van der Waals surface area contributed by atoms with Crippen LogP contribution in [0.15, 0.2) is 30.3 Å². The van der Waals surface area contributed by atoms with E-state index < -0.39 is 0 Å². The Kier molecular flexibility index (Phi) is 5.30. The average Bonchev–Trinajstić information content (AvgIpc) is 2.89. The number of anilines is 1. The number of H-pyrrole nitrogens is 1. The molecule has 116 valence electrons. The Morgan fingerprint density at radius 1 is 1.27 bits per heavy atom. The van der Waals surface area contributed by atoms with Gasteiger partial charge in [0.2, 0.25) is 5.91 Å². The summed E-state index contributed by atoms with van der Waals surface area (Å²) in [6.45, 7) is 3.83. The van der Waals surface area contributed by atoms with E-state index in [4.69, 9.17) is 4.74 Å². The smallest absolute Gasteiger partial charge is 0.225 e. The summed E-state index contributed by atoms with van der Waals surface area (Å²) in [5, 5.41) is 9.41. The monoisotopic (exact) mass is 301 g/mol. The summed E-state index contributed by atoms with van der Waals surface area (Å²) >= 11 is 0. The predicted octanol–water partition coefficient (Wildman–Crippen LogP) is 2.72. The van der Waals surface area contributed by atoms with Gasteiger partial charge in [-0.05, 0) is 44.5 Å². The van der Waals surface area contributed by atoms with Crippen molar-refractivity contribution in [3.63, 3.8) is 0 Å². The topological polar surface area (TPSA) is 84.1 Å². The number of aromatic nitrogens is 2. The molecule has 6 nitrogen and oxygen atoms in total. The number of Topliss-reactive ketones (excluding diaryl/α,β-unsaturated/α-hetero) is 1. The lowest BCUT2D eigenvalue weighted by Gasteiger charge is -2.06. The number of ketones is 1. The third kappa shape index (κ3) is 4.73. The van der Waals surface area contributed by atoms with Gasteiger partial charge in [-0.15, -0.1) is 0 Å². The van der Waals surface area contributed by atoms with Gasteiger partial charge in [-0.25, -0.2) is 0 Å². The van der Waals surface area contributed by atoms with Crippen LogP contribution in [-0.2, 0) is 4.79 Å². The number of hydrogen-bond donors (Lipinski definition) is 2. The molecule has 6 heteroatoms. The fraction of sp³-hybridized carbons (Fsp3) is 0.312. The van der Waals surface area contributed by atoms with E-state index in [1.165, 1.54) is 6.92 Å². The number of amides is 1. The minimum absolute atomic E-state index is 0.0248.